The summed E-state index contributed by atoms with van der Waals surface area (Å²) >= 11 is 0. The van der Waals surface area contributed by atoms with Gasteiger partial charge in [-0.2, -0.15) is 0 Å². The van der Waals surface area contributed by atoms with Gasteiger partial charge in [0.05, 0.1) is 0 Å². The first-order valence-electron chi connectivity index (χ1n) is 6.00. The second kappa shape index (κ2) is 7.76. The van der Waals surface area contributed by atoms with Gasteiger partial charge in [0.1, 0.15) is 17.2 Å². The van der Waals surface area contributed by atoms with Crippen LogP contribution in [0.2, 0.25) is 0 Å². The van der Waals surface area contributed by atoms with Gasteiger partial charge in [0.2, 0.25) is 0 Å². The fraction of sp³-hybridized carbons (Fsp3) is 0.462. The molecule has 3 nitrogen and oxygen atoms in total. The van der Waals surface area contributed by atoms with E-state index in [2.05, 4.69) is 5.32 Å². The molecule has 100 valence electrons. The lowest BCUT2D eigenvalue weighted by Gasteiger charge is -2.06. The Morgan fingerprint density at radius 3 is 2.33 bits per heavy atom. The highest BCUT2D eigenvalue weighted by Gasteiger charge is 2.15. The van der Waals surface area contributed by atoms with Crippen LogP contribution in [0.15, 0.2) is 18.2 Å². The molecule has 2 N–H and O–H groups in total. The predicted octanol–water partition coefficient (Wildman–Crippen LogP) is 2.25. The molecule has 0 aliphatic rings. The summed E-state index contributed by atoms with van der Waals surface area (Å²) in [5.41, 5.74) is -0.534. The largest absolute Gasteiger partial charge is 0.396 e. The molecule has 1 rings (SSSR count). The summed E-state index contributed by atoms with van der Waals surface area (Å²) < 4.78 is 26.5. The Morgan fingerprint density at radius 1 is 1.11 bits per heavy atom. The van der Waals surface area contributed by atoms with E-state index in [9.17, 15) is 13.6 Å². The number of hydrogen-bond acceptors (Lipinski definition) is 2. The van der Waals surface area contributed by atoms with E-state index in [0.29, 0.717) is 6.54 Å². The first kappa shape index (κ1) is 14.6. The number of aliphatic hydroxyl groups excluding tert-OH is 1. The van der Waals surface area contributed by atoms with Gasteiger partial charge < -0.3 is 10.4 Å². The third-order valence-electron chi connectivity index (χ3n) is 2.56. The van der Waals surface area contributed by atoms with Crippen molar-refractivity contribution in [3.05, 3.63) is 35.4 Å². The van der Waals surface area contributed by atoms with Crippen LogP contribution in [-0.2, 0) is 0 Å². The number of carbonyl (C=O) groups is 1. The van der Waals surface area contributed by atoms with Crippen molar-refractivity contribution in [3.8, 4) is 0 Å². The van der Waals surface area contributed by atoms with Crippen LogP contribution >= 0.6 is 0 Å². The summed E-state index contributed by atoms with van der Waals surface area (Å²) in [6, 6.07) is 3.33. The molecule has 0 spiro atoms. The minimum atomic E-state index is -0.854. The maximum absolute atomic E-state index is 13.2. The minimum Gasteiger partial charge on any atom is -0.396 e. The van der Waals surface area contributed by atoms with Crippen molar-refractivity contribution < 1.29 is 18.7 Å². The van der Waals surface area contributed by atoms with Crippen molar-refractivity contribution in [2.24, 2.45) is 0 Å². The Hall–Kier alpha value is -1.49. The van der Waals surface area contributed by atoms with Gasteiger partial charge in [-0.3, -0.25) is 4.79 Å². The molecule has 0 atom stereocenters. The molecule has 18 heavy (non-hydrogen) atoms. The minimum absolute atomic E-state index is 0.160. The van der Waals surface area contributed by atoms with Gasteiger partial charge in [-0.05, 0) is 25.0 Å². The zero-order chi connectivity index (χ0) is 13.4. The summed E-state index contributed by atoms with van der Waals surface area (Å²) in [6.07, 6.45) is 3.19. The molecule has 0 saturated heterocycles. The van der Waals surface area contributed by atoms with Crippen molar-refractivity contribution in [1.29, 1.82) is 0 Å². The Labute approximate surface area is 105 Å². The van der Waals surface area contributed by atoms with Crippen molar-refractivity contribution in [3.63, 3.8) is 0 Å². The molecule has 0 aliphatic heterocycles. The first-order chi connectivity index (χ1) is 8.66. The monoisotopic (exact) mass is 257 g/mol. The molecule has 0 unspecified atom stereocenters. The fourth-order valence-corrected chi connectivity index (χ4v) is 1.60. The Balaban J connectivity index is 2.37. The number of hydrogen-bond donors (Lipinski definition) is 2. The van der Waals surface area contributed by atoms with Gasteiger partial charge in [0.15, 0.2) is 0 Å². The zero-order valence-corrected chi connectivity index (χ0v) is 10.1. The van der Waals surface area contributed by atoms with E-state index in [0.717, 1.165) is 37.8 Å². The highest BCUT2D eigenvalue weighted by Crippen LogP contribution is 2.11. The number of carbonyl (C=O) groups excluding carboxylic acids is 1. The molecule has 0 aliphatic carbocycles. The molecule has 0 heterocycles. The van der Waals surface area contributed by atoms with Gasteiger partial charge in [0, 0.05) is 13.2 Å². The van der Waals surface area contributed by atoms with E-state index in [-0.39, 0.29) is 6.61 Å². The molecule has 0 fully saturated rings. The van der Waals surface area contributed by atoms with Crippen LogP contribution in [0.3, 0.4) is 0 Å². The molecule has 0 aromatic heterocycles. The average molecular weight is 257 g/mol. The van der Waals surface area contributed by atoms with E-state index in [4.69, 9.17) is 5.11 Å². The maximum atomic E-state index is 13.2. The summed E-state index contributed by atoms with van der Waals surface area (Å²) in [7, 11) is 0. The van der Waals surface area contributed by atoms with Gasteiger partial charge in [-0.15, -0.1) is 0 Å². The average Bonchev–Trinajstić information content (AvgIpc) is 2.33. The standard InChI is InChI=1S/C13H17F2NO2/c14-10-6-5-7-11(15)12(10)13(18)16-8-3-1-2-4-9-17/h5-7,17H,1-4,8-9H2,(H,16,18). The summed E-state index contributed by atoms with van der Waals surface area (Å²) in [5, 5.41) is 11.0. The summed E-state index contributed by atoms with van der Waals surface area (Å²) in [6.45, 7) is 0.533. The van der Waals surface area contributed by atoms with Crippen LogP contribution in [0.4, 0.5) is 8.78 Å². The smallest absolute Gasteiger partial charge is 0.257 e. The van der Waals surface area contributed by atoms with Crippen LogP contribution in [0.1, 0.15) is 36.0 Å². The lowest BCUT2D eigenvalue weighted by Crippen LogP contribution is -2.26. The number of benzene rings is 1. The lowest BCUT2D eigenvalue weighted by molar-refractivity contribution is 0.0944. The van der Waals surface area contributed by atoms with Gasteiger partial charge in [-0.1, -0.05) is 18.9 Å². The first-order valence-corrected chi connectivity index (χ1v) is 6.00. The highest BCUT2D eigenvalue weighted by molar-refractivity contribution is 5.94. The Morgan fingerprint density at radius 2 is 1.72 bits per heavy atom. The zero-order valence-electron chi connectivity index (χ0n) is 10.1. The fourth-order valence-electron chi connectivity index (χ4n) is 1.60. The van der Waals surface area contributed by atoms with E-state index >= 15 is 0 Å². The second-order valence-electron chi connectivity index (χ2n) is 3.99. The van der Waals surface area contributed by atoms with E-state index in [1.54, 1.807) is 0 Å². The van der Waals surface area contributed by atoms with Crippen LogP contribution in [-0.4, -0.2) is 24.2 Å². The molecular weight excluding hydrogens is 240 g/mol. The Bertz CT molecular complexity index is 376. The molecule has 0 bridgehead atoms. The third kappa shape index (κ3) is 4.41. The molecular formula is C13H17F2NO2. The van der Waals surface area contributed by atoms with Crippen molar-refractivity contribution in [1.82, 2.24) is 5.32 Å². The van der Waals surface area contributed by atoms with Crippen molar-refractivity contribution >= 4 is 5.91 Å². The molecule has 0 saturated carbocycles. The quantitative estimate of drug-likeness (QED) is 0.736. The molecule has 5 heteroatoms. The predicted molar refractivity (Wildman–Crippen MR) is 64.2 cm³/mol. The normalized spacial score (nSPS) is 10.4. The van der Waals surface area contributed by atoms with Crippen LogP contribution in [0.25, 0.3) is 0 Å². The van der Waals surface area contributed by atoms with Crippen molar-refractivity contribution in [2.45, 2.75) is 25.7 Å². The van der Waals surface area contributed by atoms with Gasteiger partial charge in [0.25, 0.3) is 5.91 Å². The number of unbranched alkanes of at least 4 members (excludes halogenated alkanes) is 3. The molecule has 0 radical (unpaired) electrons. The summed E-state index contributed by atoms with van der Waals surface area (Å²) in [4.78, 5) is 11.5. The summed E-state index contributed by atoms with van der Waals surface area (Å²) in [5.74, 6) is -2.44. The number of aliphatic hydroxyl groups is 1. The lowest BCUT2D eigenvalue weighted by atomic mass is 10.1. The van der Waals surface area contributed by atoms with Crippen molar-refractivity contribution in [2.75, 3.05) is 13.2 Å². The maximum Gasteiger partial charge on any atom is 0.257 e. The van der Waals surface area contributed by atoms with Crippen LogP contribution < -0.4 is 5.32 Å². The number of rotatable bonds is 7. The Kier molecular flexibility index (Phi) is 6.28. The van der Waals surface area contributed by atoms with Gasteiger partial charge in [-0.25, -0.2) is 8.78 Å². The topological polar surface area (TPSA) is 49.3 Å². The van der Waals surface area contributed by atoms with Gasteiger partial charge >= 0.3 is 0 Å². The van der Waals surface area contributed by atoms with E-state index in [1.165, 1.54) is 6.07 Å². The second-order valence-corrected chi connectivity index (χ2v) is 3.99. The van der Waals surface area contributed by atoms with Crippen LogP contribution in [0, 0.1) is 11.6 Å². The molecule has 1 aromatic carbocycles. The number of halogens is 2. The SMILES string of the molecule is O=C(NCCCCCCO)c1c(F)cccc1F. The third-order valence-corrected chi connectivity index (χ3v) is 2.56. The number of nitrogens with one attached hydrogen (secondary N) is 1. The number of amides is 1. The molecule has 1 aromatic rings. The highest BCUT2D eigenvalue weighted by atomic mass is 19.1. The van der Waals surface area contributed by atoms with E-state index < -0.39 is 23.1 Å². The van der Waals surface area contributed by atoms with E-state index in [1.807, 2.05) is 0 Å². The molecule has 1 amide bonds. The van der Waals surface area contributed by atoms with Crippen LogP contribution in [0.5, 0.6) is 0 Å².